The molecule has 2 aromatic rings. The average Bonchev–Trinajstić information content (AvgIpc) is 3.04. The minimum Gasteiger partial charge on any atom is -0.472 e. The van der Waals surface area contributed by atoms with Gasteiger partial charge >= 0.3 is 0 Å². The first-order chi connectivity index (χ1) is 8.74. The Kier molecular flexibility index (Phi) is 4.11. The normalized spacial score (nSPS) is 13.1. The van der Waals surface area contributed by atoms with Crippen molar-refractivity contribution >= 4 is 0 Å². The topological polar surface area (TPSA) is 81.3 Å². The van der Waals surface area contributed by atoms with Crippen molar-refractivity contribution in [2.24, 2.45) is 5.73 Å². The fourth-order valence-electron chi connectivity index (χ4n) is 1.73. The van der Waals surface area contributed by atoms with Crippen LogP contribution in [0.4, 0.5) is 0 Å². The van der Waals surface area contributed by atoms with Gasteiger partial charge in [0.2, 0.25) is 0 Å². The van der Waals surface area contributed by atoms with Crippen molar-refractivity contribution < 1.29 is 8.94 Å². The van der Waals surface area contributed by atoms with E-state index in [9.17, 15) is 0 Å². The number of aromatic nitrogens is 2. The fourth-order valence-corrected chi connectivity index (χ4v) is 1.73. The van der Waals surface area contributed by atoms with Crippen LogP contribution in [0.5, 0.6) is 0 Å². The molecule has 0 bridgehead atoms. The lowest BCUT2D eigenvalue weighted by atomic mass is 10.2. The van der Waals surface area contributed by atoms with E-state index >= 15 is 0 Å². The smallest absolute Gasteiger partial charge is 0.261 e. The van der Waals surface area contributed by atoms with E-state index in [2.05, 4.69) is 28.9 Å². The summed E-state index contributed by atoms with van der Waals surface area (Å²) in [6, 6.07) is 1.53. The maximum atomic E-state index is 6.06. The first-order valence-corrected chi connectivity index (χ1v) is 6.08. The van der Waals surface area contributed by atoms with Gasteiger partial charge in [-0.2, -0.15) is 4.98 Å². The monoisotopic (exact) mass is 250 g/mol. The summed E-state index contributed by atoms with van der Waals surface area (Å²) in [5.74, 6) is 0.965. The van der Waals surface area contributed by atoms with Gasteiger partial charge in [0.1, 0.15) is 6.26 Å². The van der Waals surface area contributed by atoms with Gasteiger partial charge in [-0.15, -0.1) is 0 Å². The van der Waals surface area contributed by atoms with Gasteiger partial charge in [-0.1, -0.05) is 19.0 Å². The molecule has 2 heterocycles. The van der Waals surface area contributed by atoms with Crippen LogP contribution in [0.15, 0.2) is 27.5 Å². The minimum absolute atomic E-state index is 0.241. The molecule has 0 radical (unpaired) electrons. The maximum Gasteiger partial charge on any atom is 0.261 e. The van der Waals surface area contributed by atoms with Gasteiger partial charge in [-0.3, -0.25) is 0 Å². The number of likely N-dealkylation sites (N-methyl/N-ethyl adjacent to an activating group) is 1. The van der Waals surface area contributed by atoms with Crippen LogP contribution in [-0.4, -0.2) is 34.7 Å². The zero-order valence-electron chi connectivity index (χ0n) is 10.7. The van der Waals surface area contributed by atoms with E-state index in [0.717, 1.165) is 25.2 Å². The predicted molar refractivity (Wildman–Crippen MR) is 66.7 cm³/mol. The molecule has 0 fully saturated rings. The molecule has 0 aliphatic carbocycles. The van der Waals surface area contributed by atoms with Gasteiger partial charge < -0.3 is 19.6 Å². The van der Waals surface area contributed by atoms with Crippen molar-refractivity contribution in [3.8, 4) is 11.5 Å². The summed E-state index contributed by atoms with van der Waals surface area (Å²) in [5, 5.41) is 3.91. The van der Waals surface area contributed by atoms with Gasteiger partial charge in [0.25, 0.3) is 5.89 Å². The number of hydrogen-bond acceptors (Lipinski definition) is 6. The first-order valence-electron chi connectivity index (χ1n) is 6.08. The summed E-state index contributed by atoms with van der Waals surface area (Å²) in [6.07, 6.45) is 3.13. The largest absolute Gasteiger partial charge is 0.472 e. The van der Waals surface area contributed by atoms with Crippen molar-refractivity contribution in [1.29, 1.82) is 0 Å². The SMILES string of the molecule is CCN(CC)CC(N)c1noc(-c2ccoc2)n1. The molecular formula is C12H18N4O2. The summed E-state index contributed by atoms with van der Waals surface area (Å²) >= 11 is 0. The summed E-state index contributed by atoms with van der Waals surface area (Å²) in [5.41, 5.74) is 6.83. The van der Waals surface area contributed by atoms with Gasteiger partial charge in [0, 0.05) is 6.54 Å². The van der Waals surface area contributed by atoms with Gasteiger partial charge in [-0.05, 0) is 19.2 Å². The lowest BCUT2D eigenvalue weighted by Gasteiger charge is -2.20. The third-order valence-corrected chi connectivity index (χ3v) is 2.89. The summed E-state index contributed by atoms with van der Waals surface area (Å²) < 4.78 is 10.1. The standard InChI is InChI=1S/C12H18N4O2/c1-3-16(4-2)7-10(13)11-14-12(18-15-11)9-5-6-17-8-9/h5-6,8,10H,3-4,7,13H2,1-2H3. The number of nitrogens with zero attached hydrogens (tertiary/aromatic N) is 3. The second-order valence-electron chi connectivity index (χ2n) is 4.06. The van der Waals surface area contributed by atoms with Crippen molar-refractivity contribution in [3.05, 3.63) is 24.4 Å². The summed E-state index contributed by atoms with van der Waals surface area (Å²) in [6.45, 7) is 6.83. The molecule has 6 nitrogen and oxygen atoms in total. The Bertz CT molecular complexity index is 462. The second kappa shape index (κ2) is 5.79. The Morgan fingerprint density at radius 1 is 1.39 bits per heavy atom. The Morgan fingerprint density at radius 2 is 2.17 bits per heavy atom. The molecular weight excluding hydrogens is 232 g/mol. The first kappa shape index (κ1) is 12.8. The molecule has 0 saturated carbocycles. The third-order valence-electron chi connectivity index (χ3n) is 2.89. The lowest BCUT2D eigenvalue weighted by Crippen LogP contribution is -2.32. The van der Waals surface area contributed by atoms with Gasteiger partial charge in [0.15, 0.2) is 5.82 Å². The van der Waals surface area contributed by atoms with Crippen LogP contribution in [0.3, 0.4) is 0 Å². The zero-order valence-corrected chi connectivity index (χ0v) is 10.7. The highest BCUT2D eigenvalue weighted by atomic mass is 16.5. The predicted octanol–water partition coefficient (Wildman–Crippen LogP) is 1.67. The number of rotatable bonds is 6. The van der Waals surface area contributed by atoms with E-state index in [4.69, 9.17) is 14.7 Å². The van der Waals surface area contributed by atoms with E-state index in [1.165, 1.54) is 0 Å². The number of hydrogen-bond donors (Lipinski definition) is 1. The molecule has 2 aromatic heterocycles. The van der Waals surface area contributed by atoms with Crippen LogP contribution in [-0.2, 0) is 0 Å². The highest BCUT2D eigenvalue weighted by molar-refractivity contribution is 5.49. The highest BCUT2D eigenvalue weighted by Crippen LogP contribution is 2.19. The molecule has 6 heteroatoms. The van der Waals surface area contributed by atoms with Crippen LogP contribution >= 0.6 is 0 Å². The van der Waals surface area contributed by atoms with Gasteiger partial charge in [-0.25, -0.2) is 0 Å². The van der Waals surface area contributed by atoms with Crippen LogP contribution in [0.25, 0.3) is 11.5 Å². The third kappa shape index (κ3) is 2.77. The molecule has 0 aliphatic heterocycles. The van der Waals surface area contributed by atoms with Gasteiger partial charge in [0.05, 0.1) is 17.9 Å². The Morgan fingerprint density at radius 3 is 2.78 bits per heavy atom. The van der Waals surface area contributed by atoms with E-state index in [-0.39, 0.29) is 6.04 Å². The lowest BCUT2D eigenvalue weighted by molar-refractivity contribution is 0.278. The Balaban J connectivity index is 2.05. The molecule has 1 unspecified atom stereocenters. The summed E-state index contributed by atoms with van der Waals surface area (Å²) in [7, 11) is 0. The average molecular weight is 250 g/mol. The molecule has 0 aliphatic rings. The van der Waals surface area contributed by atoms with E-state index in [1.807, 2.05) is 0 Å². The van der Waals surface area contributed by atoms with Crippen molar-refractivity contribution in [2.75, 3.05) is 19.6 Å². The second-order valence-corrected chi connectivity index (χ2v) is 4.06. The van der Waals surface area contributed by atoms with E-state index in [0.29, 0.717) is 11.7 Å². The van der Waals surface area contributed by atoms with Crippen LogP contribution in [0.2, 0.25) is 0 Å². The molecule has 98 valence electrons. The van der Waals surface area contributed by atoms with Crippen molar-refractivity contribution in [3.63, 3.8) is 0 Å². The Hall–Kier alpha value is -1.66. The van der Waals surface area contributed by atoms with E-state index in [1.54, 1.807) is 18.6 Å². The molecule has 0 amide bonds. The molecule has 1 atom stereocenters. The number of furan rings is 1. The van der Waals surface area contributed by atoms with Crippen LogP contribution in [0.1, 0.15) is 25.7 Å². The quantitative estimate of drug-likeness (QED) is 0.839. The van der Waals surface area contributed by atoms with Crippen LogP contribution < -0.4 is 5.73 Å². The maximum absolute atomic E-state index is 6.06. The minimum atomic E-state index is -0.241. The molecule has 0 spiro atoms. The van der Waals surface area contributed by atoms with Crippen molar-refractivity contribution in [2.45, 2.75) is 19.9 Å². The Labute approximate surface area is 106 Å². The van der Waals surface area contributed by atoms with Crippen molar-refractivity contribution in [1.82, 2.24) is 15.0 Å². The van der Waals surface area contributed by atoms with Crippen LogP contribution in [0, 0.1) is 0 Å². The fraction of sp³-hybridized carbons (Fsp3) is 0.500. The highest BCUT2D eigenvalue weighted by Gasteiger charge is 2.17. The van der Waals surface area contributed by atoms with E-state index < -0.39 is 0 Å². The molecule has 2 N–H and O–H groups in total. The zero-order chi connectivity index (χ0) is 13.0. The summed E-state index contributed by atoms with van der Waals surface area (Å²) in [4.78, 5) is 6.51. The number of nitrogens with two attached hydrogens (primary N) is 1. The molecule has 0 saturated heterocycles. The molecule has 18 heavy (non-hydrogen) atoms. The molecule has 0 aromatic carbocycles. The molecule has 2 rings (SSSR count).